The van der Waals surface area contributed by atoms with Crippen molar-refractivity contribution in [3.8, 4) is 6.01 Å². The molecule has 1 N–H and O–H groups in total. The zero-order valence-electron chi connectivity index (χ0n) is 17.5. The molecule has 0 aliphatic carbocycles. The molecule has 0 bridgehead atoms. The monoisotopic (exact) mass is 469 g/mol. The molecule has 1 atom stereocenters. The second kappa shape index (κ2) is 8.88. The summed E-state index contributed by atoms with van der Waals surface area (Å²) in [4.78, 5) is 23.4. The van der Waals surface area contributed by atoms with Crippen molar-refractivity contribution in [2.45, 2.75) is 52.0 Å². The molecule has 0 radical (unpaired) electrons. The number of anilines is 1. The number of nitrogens with zero attached hydrogens (tertiary/aromatic N) is 6. The van der Waals surface area contributed by atoms with Crippen LogP contribution in [0.4, 0.5) is 19.0 Å². The van der Waals surface area contributed by atoms with Crippen LogP contribution in [-0.4, -0.2) is 50.3 Å². The molecular formula is C19H22F3N7O2S. The Balaban J connectivity index is 1.67. The number of nitrogens with one attached hydrogen (secondary N) is 1. The summed E-state index contributed by atoms with van der Waals surface area (Å²) in [6.07, 6.45) is -2.09. The Morgan fingerprint density at radius 1 is 1.31 bits per heavy atom. The van der Waals surface area contributed by atoms with Crippen molar-refractivity contribution in [1.29, 1.82) is 0 Å². The SMILES string of the molecule is CCCc1cc2c(N3CCn4c(nnc4C(F)(F)F)C3)nc(OCC(C)NC=O)nc2s1. The molecule has 3 aromatic rings. The number of ether oxygens (including phenoxy) is 1. The van der Waals surface area contributed by atoms with Gasteiger partial charge in [-0.25, -0.2) is 0 Å². The van der Waals surface area contributed by atoms with E-state index in [9.17, 15) is 18.0 Å². The number of halogens is 3. The highest BCUT2D eigenvalue weighted by Crippen LogP contribution is 2.35. The van der Waals surface area contributed by atoms with Gasteiger partial charge in [-0.3, -0.25) is 4.79 Å². The van der Waals surface area contributed by atoms with Crippen molar-refractivity contribution in [2.24, 2.45) is 0 Å². The molecule has 0 spiro atoms. The van der Waals surface area contributed by atoms with Crippen LogP contribution in [0.15, 0.2) is 6.07 Å². The topological polar surface area (TPSA) is 98.1 Å². The summed E-state index contributed by atoms with van der Waals surface area (Å²) in [6.45, 7) is 4.58. The van der Waals surface area contributed by atoms with Crippen molar-refractivity contribution in [3.05, 3.63) is 22.6 Å². The first kappa shape index (κ1) is 22.2. The highest BCUT2D eigenvalue weighted by Gasteiger charge is 2.39. The molecule has 0 fully saturated rings. The average Bonchev–Trinajstić information content (AvgIpc) is 3.35. The minimum atomic E-state index is -4.55. The van der Waals surface area contributed by atoms with Gasteiger partial charge >= 0.3 is 12.2 Å². The third-order valence-corrected chi connectivity index (χ3v) is 6.11. The number of hydrogen-bond acceptors (Lipinski definition) is 8. The molecule has 0 aromatic carbocycles. The van der Waals surface area contributed by atoms with E-state index in [1.165, 1.54) is 0 Å². The van der Waals surface area contributed by atoms with Crippen molar-refractivity contribution in [1.82, 2.24) is 30.0 Å². The van der Waals surface area contributed by atoms with Gasteiger partial charge in [0.15, 0.2) is 5.82 Å². The van der Waals surface area contributed by atoms with Gasteiger partial charge in [0.2, 0.25) is 12.2 Å². The lowest BCUT2D eigenvalue weighted by Gasteiger charge is -2.29. The quantitative estimate of drug-likeness (QED) is 0.507. The smallest absolute Gasteiger partial charge is 0.451 e. The first-order valence-corrected chi connectivity index (χ1v) is 11.0. The maximum Gasteiger partial charge on any atom is 0.451 e. The second-order valence-electron chi connectivity index (χ2n) is 7.52. The Labute approximate surface area is 185 Å². The van der Waals surface area contributed by atoms with Gasteiger partial charge in [-0.1, -0.05) is 13.3 Å². The fourth-order valence-corrected chi connectivity index (χ4v) is 4.64. The van der Waals surface area contributed by atoms with Gasteiger partial charge in [0.05, 0.1) is 18.0 Å². The number of aromatic nitrogens is 5. The molecule has 4 rings (SSSR count). The highest BCUT2D eigenvalue weighted by atomic mass is 32.1. The van der Waals surface area contributed by atoms with Crippen LogP contribution in [0.3, 0.4) is 0 Å². The van der Waals surface area contributed by atoms with E-state index in [4.69, 9.17) is 4.74 Å². The van der Waals surface area contributed by atoms with Crippen LogP contribution in [0.2, 0.25) is 0 Å². The number of carbonyl (C=O) groups excluding carboxylic acids is 1. The number of thiophene rings is 1. The predicted octanol–water partition coefficient (Wildman–Crippen LogP) is 2.79. The average molecular weight is 469 g/mol. The number of amides is 1. The van der Waals surface area contributed by atoms with Crippen LogP contribution < -0.4 is 15.0 Å². The molecule has 3 aromatic heterocycles. The number of hydrogen-bond donors (Lipinski definition) is 1. The summed E-state index contributed by atoms with van der Waals surface area (Å²) in [7, 11) is 0. The van der Waals surface area contributed by atoms with E-state index in [0.717, 1.165) is 32.5 Å². The van der Waals surface area contributed by atoms with Crippen LogP contribution in [0.25, 0.3) is 10.2 Å². The second-order valence-corrected chi connectivity index (χ2v) is 8.63. The van der Waals surface area contributed by atoms with Gasteiger partial charge < -0.3 is 19.5 Å². The summed E-state index contributed by atoms with van der Waals surface area (Å²) in [5.41, 5.74) is 0. The molecule has 9 nitrogen and oxygen atoms in total. The third-order valence-electron chi connectivity index (χ3n) is 5.02. The van der Waals surface area contributed by atoms with Gasteiger partial charge in [0.25, 0.3) is 0 Å². The lowest BCUT2D eigenvalue weighted by Crippen LogP contribution is -2.36. The summed E-state index contributed by atoms with van der Waals surface area (Å²) >= 11 is 1.54. The lowest BCUT2D eigenvalue weighted by molar-refractivity contribution is -0.147. The number of carbonyl (C=O) groups is 1. The zero-order valence-corrected chi connectivity index (χ0v) is 18.3. The molecule has 0 saturated carbocycles. The number of alkyl halides is 3. The summed E-state index contributed by atoms with van der Waals surface area (Å²) in [5.74, 6) is -0.172. The molecule has 1 aliphatic heterocycles. The molecule has 1 unspecified atom stereocenters. The number of aryl methyl sites for hydroxylation is 1. The zero-order chi connectivity index (χ0) is 22.9. The van der Waals surface area contributed by atoms with E-state index in [1.54, 1.807) is 18.3 Å². The van der Waals surface area contributed by atoms with Crippen molar-refractivity contribution >= 4 is 33.8 Å². The standard InChI is InChI=1S/C19H22F3N7O2S/c1-3-4-12-7-13-15(24-18(25-16(13)32-12)31-9-11(2)23-10-30)28-5-6-29-14(8-28)26-27-17(29)19(20,21)22/h7,10-11H,3-6,8-9H2,1-2H3,(H,23,30). The Kier molecular flexibility index (Phi) is 6.17. The Morgan fingerprint density at radius 3 is 2.84 bits per heavy atom. The molecule has 13 heteroatoms. The first-order chi connectivity index (χ1) is 15.3. The predicted molar refractivity (Wildman–Crippen MR) is 112 cm³/mol. The Bertz CT molecular complexity index is 1110. The van der Waals surface area contributed by atoms with Crippen molar-refractivity contribution in [3.63, 3.8) is 0 Å². The maximum absolute atomic E-state index is 13.2. The number of rotatable bonds is 8. The molecule has 1 aliphatic rings. The van der Waals surface area contributed by atoms with Crippen LogP contribution >= 0.6 is 11.3 Å². The molecular weight excluding hydrogens is 447 g/mol. The van der Waals surface area contributed by atoms with Crippen LogP contribution in [0, 0.1) is 0 Å². The van der Waals surface area contributed by atoms with E-state index >= 15 is 0 Å². The van der Waals surface area contributed by atoms with E-state index in [-0.39, 0.29) is 37.6 Å². The van der Waals surface area contributed by atoms with Crippen molar-refractivity contribution in [2.75, 3.05) is 18.1 Å². The summed E-state index contributed by atoms with van der Waals surface area (Å²) in [5, 5.41) is 10.5. The molecule has 1 amide bonds. The minimum absolute atomic E-state index is 0.0884. The van der Waals surface area contributed by atoms with E-state index in [0.29, 0.717) is 18.8 Å². The van der Waals surface area contributed by atoms with Gasteiger partial charge in [0.1, 0.15) is 17.3 Å². The molecule has 172 valence electrons. The van der Waals surface area contributed by atoms with Crippen LogP contribution in [0.5, 0.6) is 6.01 Å². The maximum atomic E-state index is 13.2. The Hall–Kier alpha value is -2.96. The third kappa shape index (κ3) is 4.47. The Morgan fingerprint density at radius 2 is 2.12 bits per heavy atom. The fourth-order valence-electron chi connectivity index (χ4n) is 3.52. The van der Waals surface area contributed by atoms with Gasteiger partial charge in [-0.15, -0.1) is 21.5 Å². The first-order valence-electron chi connectivity index (χ1n) is 10.2. The van der Waals surface area contributed by atoms with Gasteiger partial charge in [0, 0.05) is 18.0 Å². The van der Waals surface area contributed by atoms with Crippen molar-refractivity contribution < 1.29 is 22.7 Å². The van der Waals surface area contributed by atoms with E-state index in [1.807, 2.05) is 11.0 Å². The molecule has 32 heavy (non-hydrogen) atoms. The van der Waals surface area contributed by atoms with Crippen LogP contribution in [0.1, 0.15) is 36.8 Å². The highest BCUT2D eigenvalue weighted by molar-refractivity contribution is 7.18. The lowest BCUT2D eigenvalue weighted by atomic mass is 10.2. The normalized spacial score (nSPS) is 15.0. The summed E-state index contributed by atoms with van der Waals surface area (Å²) < 4.78 is 46.3. The summed E-state index contributed by atoms with van der Waals surface area (Å²) in [6, 6.07) is 1.95. The number of fused-ring (bicyclic) bond motifs is 2. The van der Waals surface area contributed by atoms with E-state index < -0.39 is 12.0 Å². The fraction of sp³-hybridized carbons (Fsp3) is 0.526. The minimum Gasteiger partial charge on any atom is -0.461 e. The molecule has 4 heterocycles. The van der Waals surface area contributed by atoms with Gasteiger partial charge in [-0.2, -0.15) is 23.1 Å². The largest absolute Gasteiger partial charge is 0.461 e. The molecule has 0 saturated heterocycles. The van der Waals surface area contributed by atoms with E-state index in [2.05, 4.69) is 32.4 Å². The van der Waals surface area contributed by atoms with Gasteiger partial charge in [-0.05, 0) is 19.4 Å². The van der Waals surface area contributed by atoms with Crippen LogP contribution in [-0.2, 0) is 30.5 Å².